The third kappa shape index (κ3) is 2.83. The molecule has 0 spiro atoms. The predicted octanol–water partition coefficient (Wildman–Crippen LogP) is 2.05. The molecule has 1 aliphatic carbocycles. The summed E-state index contributed by atoms with van der Waals surface area (Å²) in [6.45, 7) is 2.24. The number of hydrazine groups is 1. The van der Waals surface area contributed by atoms with Crippen molar-refractivity contribution in [1.29, 1.82) is 0 Å². The van der Waals surface area contributed by atoms with Gasteiger partial charge in [0.25, 0.3) is 0 Å². The van der Waals surface area contributed by atoms with Crippen molar-refractivity contribution in [1.82, 2.24) is 10.4 Å². The molecule has 0 radical (unpaired) electrons. The molecule has 1 amide bonds. The molecule has 16 heavy (non-hydrogen) atoms. The van der Waals surface area contributed by atoms with Gasteiger partial charge in [0.05, 0.1) is 0 Å². The Morgan fingerprint density at radius 3 is 2.50 bits per heavy atom. The van der Waals surface area contributed by atoms with Gasteiger partial charge < -0.3 is 0 Å². The Bertz CT molecular complexity index is 368. The van der Waals surface area contributed by atoms with Gasteiger partial charge in [0.1, 0.15) is 0 Å². The topological polar surface area (TPSA) is 32.3 Å². The minimum Gasteiger partial charge on any atom is -0.281 e. The summed E-state index contributed by atoms with van der Waals surface area (Å²) in [6, 6.07) is 8.66. The zero-order valence-electron chi connectivity index (χ0n) is 9.86. The number of amides is 1. The molecule has 0 aromatic heterocycles. The Morgan fingerprint density at radius 1 is 1.38 bits per heavy atom. The molecule has 86 valence electrons. The average Bonchev–Trinajstić information content (AvgIpc) is 3.10. The summed E-state index contributed by atoms with van der Waals surface area (Å²) in [5, 5.41) is 1.51. The molecular weight excluding hydrogens is 200 g/mol. The fourth-order valence-corrected chi connectivity index (χ4v) is 1.65. The molecule has 3 heteroatoms. The summed E-state index contributed by atoms with van der Waals surface area (Å²) in [6.07, 6.45) is 2.68. The SMILES string of the molecule is CC(=O)N(C)NCc1ccc(C2CC2)cc1. The van der Waals surface area contributed by atoms with Crippen LogP contribution in [0.25, 0.3) is 0 Å². The Hall–Kier alpha value is -1.35. The van der Waals surface area contributed by atoms with Crippen LogP contribution in [-0.2, 0) is 11.3 Å². The van der Waals surface area contributed by atoms with Gasteiger partial charge in [-0.25, -0.2) is 5.43 Å². The standard InChI is InChI=1S/C13H18N2O/c1-10(16)15(2)14-9-11-3-5-12(6-4-11)13-7-8-13/h3-6,13-14H,7-9H2,1-2H3. The van der Waals surface area contributed by atoms with E-state index in [1.54, 1.807) is 14.0 Å². The second-order valence-corrected chi connectivity index (χ2v) is 4.43. The predicted molar refractivity (Wildman–Crippen MR) is 63.7 cm³/mol. The van der Waals surface area contributed by atoms with Crippen LogP contribution in [0.2, 0.25) is 0 Å². The van der Waals surface area contributed by atoms with Crippen molar-refractivity contribution in [3.8, 4) is 0 Å². The molecule has 1 aromatic rings. The van der Waals surface area contributed by atoms with Crippen molar-refractivity contribution in [3.05, 3.63) is 35.4 Å². The third-order valence-corrected chi connectivity index (χ3v) is 3.02. The normalized spacial score (nSPS) is 14.9. The van der Waals surface area contributed by atoms with E-state index in [4.69, 9.17) is 0 Å². The Labute approximate surface area is 96.4 Å². The number of hydrogen-bond donors (Lipinski definition) is 1. The summed E-state index contributed by atoms with van der Waals surface area (Å²) in [5.74, 6) is 0.830. The van der Waals surface area contributed by atoms with Gasteiger partial charge in [-0.15, -0.1) is 0 Å². The quantitative estimate of drug-likeness (QED) is 0.784. The first kappa shape index (κ1) is 11.1. The number of carbonyl (C=O) groups is 1. The summed E-state index contributed by atoms with van der Waals surface area (Å²) in [7, 11) is 1.74. The molecule has 0 atom stereocenters. The van der Waals surface area contributed by atoms with Crippen LogP contribution in [0.15, 0.2) is 24.3 Å². The van der Waals surface area contributed by atoms with Crippen molar-refractivity contribution < 1.29 is 4.79 Å². The van der Waals surface area contributed by atoms with Crippen molar-refractivity contribution in [2.75, 3.05) is 7.05 Å². The molecule has 0 unspecified atom stereocenters. The number of hydrogen-bond acceptors (Lipinski definition) is 2. The highest BCUT2D eigenvalue weighted by Gasteiger charge is 2.22. The monoisotopic (exact) mass is 218 g/mol. The van der Waals surface area contributed by atoms with E-state index < -0.39 is 0 Å². The molecule has 1 saturated carbocycles. The van der Waals surface area contributed by atoms with Crippen molar-refractivity contribution in [3.63, 3.8) is 0 Å². The number of nitrogens with zero attached hydrogens (tertiary/aromatic N) is 1. The molecule has 1 aliphatic rings. The van der Waals surface area contributed by atoms with Gasteiger partial charge in [-0.05, 0) is 29.9 Å². The Morgan fingerprint density at radius 2 is 2.00 bits per heavy atom. The van der Waals surface area contributed by atoms with E-state index in [1.807, 2.05) is 0 Å². The second kappa shape index (κ2) is 4.66. The molecule has 0 saturated heterocycles. The summed E-state index contributed by atoms with van der Waals surface area (Å²) in [5.41, 5.74) is 5.70. The molecule has 3 nitrogen and oxygen atoms in total. The van der Waals surface area contributed by atoms with Gasteiger partial charge >= 0.3 is 0 Å². The lowest BCUT2D eigenvalue weighted by molar-refractivity contribution is -0.130. The minimum atomic E-state index is 0.0228. The van der Waals surface area contributed by atoms with E-state index in [-0.39, 0.29) is 5.91 Å². The van der Waals surface area contributed by atoms with Crippen molar-refractivity contribution >= 4 is 5.91 Å². The molecule has 0 aliphatic heterocycles. The van der Waals surface area contributed by atoms with Crippen LogP contribution in [0.4, 0.5) is 0 Å². The molecule has 0 bridgehead atoms. The number of nitrogens with one attached hydrogen (secondary N) is 1. The fraction of sp³-hybridized carbons (Fsp3) is 0.462. The summed E-state index contributed by atoms with van der Waals surface area (Å²) >= 11 is 0. The smallest absolute Gasteiger partial charge is 0.233 e. The highest BCUT2D eigenvalue weighted by Crippen LogP contribution is 2.39. The van der Waals surface area contributed by atoms with Crippen LogP contribution in [0, 0.1) is 0 Å². The van der Waals surface area contributed by atoms with Crippen LogP contribution in [-0.4, -0.2) is 18.0 Å². The highest BCUT2D eigenvalue weighted by molar-refractivity contribution is 5.72. The van der Waals surface area contributed by atoms with E-state index in [2.05, 4.69) is 29.7 Å². The van der Waals surface area contributed by atoms with Crippen LogP contribution in [0.5, 0.6) is 0 Å². The third-order valence-electron chi connectivity index (χ3n) is 3.02. The number of carbonyl (C=O) groups excluding carboxylic acids is 1. The van der Waals surface area contributed by atoms with E-state index in [0.29, 0.717) is 6.54 Å². The zero-order chi connectivity index (χ0) is 11.5. The molecule has 0 heterocycles. The first-order valence-corrected chi connectivity index (χ1v) is 5.73. The van der Waals surface area contributed by atoms with Crippen molar-refractivity contribution in [2.45, 2.75) is 32.2 Å². The first-order valence-electron chi connectivity index (χ1n) is 5.73. The van der Waals surface area contributed by atoms with E-state index in [1.165, 1.54) is 29.0 Å². The molecule has 1 fully saturated rings. The van der Waals surface area contributed by atoms with Gasteiger partial charge in [-0.3, -0.25) is 9.80 Å². The fourth-order valence-electron chi connectivity index (χ4n) is 1.65. The summed E-state index contributed by atoms with van der Waals surface area (Å²) < 4.78 is 0. The maximum Gasteiger partial charge on any atom is 0.233 e. The second-order valence-electron chi connectivity index (χ2n) is 4.43. The van der Waals surface area contributed by atoms with Gasteiger partial charge in [0.2, 0.25) is 5.91 Å². The molecular formula is C13H18N2O. The van der Waals surface area contributed by atoms with Crippen LogP contribution in [0.3, 0.4) is 0 Å². The van der Waals surface area contributed by atoms with Crippen LogP contribution >= 0.6 is 0 Å². The highest BCUT2D eigenvalue weighted by atomic mass is 16.2. The van der Waals surface area contributed by atoms with Crippen molar-refractivity contribution in [2.24, 2.45) is 0 Å². The van der Waals surface area contributed by atoms with Gasteiger partial charge in [0.15, 0.2) is 0 Å². The summed E-state index contributed by atoms with van der Waals surface area (Å²) in [4.78, 5) is 11.0. The van der Waals surface area contributed by atoms with E-state index in [0.717, 1.165) is 5.92 Å². The zero-order valence-corrected chi connectivity index (χ0v) is 9.86. The lowest BCUT2D eigenvalue weighted by Crippen LogP contribution is -2.37. The molecule has 1 aromatic carbocycles. The number of rotatable bonds is 4. The first-order chi connectivity index (χ1) is 7.66. The lowest BCUT2D eigenvalue weighted by atomic mass is 10.1. The van der Waals surface area contributed by atoms with Gasteiger partial charge in [0, 0.05) is 20.5 Å². The molecule has 1 N–H and O–H groups in total. The minimum absolute atomic E-state index is 0.0228. The van der Waals surface area contributed by atoms with Gasteiger partial charge in [-0.2, -0.15) is 0 Å². The molecule has 2 rings (SSSR count). The average molecular weight is 218 g/mol. The Kier molecular flexibility index (Phi) is 3.25. The maximum absolute atomic E-state index is 11.0. The number of benzene rings is 1. The van der Waals surface area contributed by atoms with Crippen LogP contribution in [0.1, 0.15) is 36.8 Å². The Balaban J connectivity index is 1.87. The lowest BCUT2D eigenvalue weighted by Gasteiger charge is -2.16. The maximum atomic E-state index is 11.0. The van der Waals surface area contributed by atoms with Crippen LogP contribution < -0.4 is 5.43 Å². The van der Waals surface area contributed by atoms with E-state index >= 15 is 0 Å². The van der Waals surface area contributed by atoms with Gasteiger partial charge in [-0.1, -0.05) is 24.3 Å². The largest absolute Gasteiger partial charge is 0.281 e. The van der Waals surface area contributed by atoms with E-state index in [9.17, 15) is 4.79 Å².